The highest BCUT2D eigenvalue weighted by Crippen LogP contribution is 2.30. The van der Waals surface area contributed by atoms with Crippen molar-refractivity contribution >= 4 is 40.7 Å². The standard InChI is InChI=1S/C34H31N3O5S/c1-4-6-17-26(5-2)37-33(41)27(20-23-18-19-29(42-3)28(38)21-23)32(40)36-34(37)43-22-30(39)35-31(24-13-9-7-10-14-24)25-15-11-8-12-16-25/h4-21,31,38H,1,22H2,2-3H3,(H,35,39)/b17-6-,26-5+,27-20+. The molecule has 4 rings (SSSR count). The van der Waals surface area contributed by atoms with Crippen molar-refractivity contribution in [2.45, 2.75) is 13.0 Å². The average molecular weight is 594 g/mol. The van der Waals surface area contributed by atoms with E-state index >= 15 is 0 Å². The van der Waals surface area contributed by atoms with E-state index in [4.69, 9.17) is 4.74 Å². The smallest absolute Gasteiger partial charge is 0.285 e. The number of carbonyl (C=O) groups excluding carboxylic acids is 3. The molecule has 0 aromatic heterocycles. The van der Waals surface area contributed by atoms with E-state index < -0.39 is 11.8 Å². The average Bonchev–Trinajstić information content (AvgIpc) is 3.03. The lowest BCUT2D eigenvalue weighted by Gasteiger charge is -2.28. The number of amides is 3. The molecule has 3 aromatic carbocycles. The number of nitrogens with one attached hydrogen (secondary N) is 1. The molecule has 0 spiro atoms. The Labute approximate surface area is 254 Å². The Balaban J connectivity index is 1.62. The van der Waals surface area contributed by atoms with Gasteiger partial charge in [0, 0.05) is 5.70 Å². The maximum Gasteiger partial charge on any atom is 0.285 e. The molecule has 0 unspecified atom stereocenters. The number of phenolic OH excluding ortho intramolecular Hbond substituents is 1. The Morgan fingerprint density at radius 3 is 2.28 bits per heavy atom. The predicted octanol–water partition coefficient (Wildman–Crippen LogP) is 5.79. The fraction of sp³-hybridized carbons (Fsp3) is 0.118. The number of hydrogen-bond donors (Lipinski definition) is 2. The molecule has 0 atom stereocenters. The van der Waals surface area contributed by atoms with Gasteiger partial charge in [0.15, 0.2) is 16.7 Å². The Kier molecular flexibility index (Phi) is 10.5. The zero-order valence-corrected chi connectivity index (χ0v) is 24.6. The summed E-state index contributed by atoms with van der Waals surface area (Å²) in [5.74, 6) is -1.65. The number of nitrogens with zero attached hydrogens (tertiary/aromatic N) is 2. The zero-order valence-electron chi connectivity index (χ0n) is 23.8. The van der Waals surface area contributed by atoms with Crippen LogP contribution in [0, 0.1) is 0 Å². The van der Waals surface area contributed by atoms with Gasteiger partial charge in [-0.3, -0.25) is 19.3 Å². The normalized spacial score (nSPS) is 14.8. The van der Waals surface area contributed by atoms with Crippen molar-refractivity contribution < 1.29 is 24.2 Å². The van der Waals surface area contributed by atoms with Gasteiger partial charge < -0.3 is 15.2 Å². The molecule has 9 heteroatoms. The molecule has 43 heavy (non-hydrogen) atoms. The minimum Gasteiger partial charge on any atom is -0.504 e. The molecular formula is C34H31N3O5S. The number of allylic oxidation sites excluding steroid dienone is 4. The third kappa shape index (κ3) is 7.58. The molecule has 0 saturated heterocycles. The molecule has 1 heterocycles. The van der Waals surface area contributed by atoms with Crippen LogP contribution in [0.1, 0.15) is 29.7 Å². The monoisotopic (exact) mass is 593 g/mol. The number of hydrogen-bond acceptors (Lipinski definition) is 6. The van der Waals surface area contributed by atoms with E-state index in [1.807, 2.05) is 60.7 Å². The van der Waals surface area contributed by atoms with E-state index in [2.05, 4.69) is 16.9 Å². The van der Waals surface area contributed by atoms with Crippen LogP contribution in [0.3, 0.4) is 0 Å². The summed E-state index contributed by atoms with van der Waals surface area (Å²) in [6.45, 7) is 5.43. The molecular weight excluding hydrogens is 562 g/mol. The SMILES string of the molecule is C=C/C=C\C(=C/C)N1C(=O)/C(=C/c2ccc(OC)c(O)c2)C(=O)N=C1SCC(=O)NC(c1ccccc1)c1ccccc1. The van der Waals surface area contributed by atoms with Crippen molar-refractivity contribution in [3.05, 3.63) is 138 Å². The fourth-order valence-corrected chi connectivity index (χ4v) is 5.17. The number of carbonyl (C=O) groups is 3. The number of benzene rings is 3. The third-order valence-electron chi connectivity index (χ3n) is 6.43. The van der Waals surface area contributed by atoms with Gasteiger partial charge in [-0.05, 0) is 47.9 Å². The molecule has 2 N–H and O–H groups in total. The molecule has 218 valence electrons. The maximum atomic E-state index is 13.8. The van der Waals surface area contributed by atoms with Gasteiger partial charge in [0.05, 0.1) is 18.9 Å². The van der Waals surface area contributed by atoms with E-state index in [-0.39, 0.29) is 39.9 Å². The number of aromatic hydroxyl groups is 1. The first-order valence-corrected chi connectivity index (χ1v) is 14.4. The number of rotatable bonds is 10. The summed E-state index contributed by atoms with van der Waals surface area (Å²) in [7, 11) is 1.42. The third-order valence-corrected chi connectivity index (χ3v) is 7.37. The largest absolute Gasteiger partial charge is 0.504 e. The lowest BCUT2D eigenvalue weighted by molar-refractivity contribution is -0.126. The van der Waals surface area contributed by atoms with Gasteiger partial charge in [0.25, 0.3) is 11.8 Å². The minimum atomic E-state index is -0.755. The summed E-state index contributed by atoms with van der Waals surface area (Å²) >= 11 is 0.984. The van der Waals surface area contributed by atoms with Crippen LogP contribution in [-0.4, -0.2) is 45.8 Å². The van der Waals surface area contributed by atoms with Crippen molar-refractivity contribution in [3.63, 3.8) is 0 Å². The summed E-state index contributed by atoms with van der Waals surface area (Å²) in [6.07, 6.45) is 7.94. The van der Waals surface area contributed by atoms with Crippen LogP contribution in [0.25, 0.3) is 6.08 Å². The van der Waals surface area contributed by atoms with Crippen molar-refractivity contribution in [2.24, 2.45) is 4.99 Å². The van der Waals surface area contributed by atoms with Crippen LogP contribution >= 0.6 is 11.8 Å². The van der Waals surface area contributed by atoms with Crippen molar-refractivity contribution in [1.82, 2.24) is 10.2 Å². The topological polar surface area (TPSA) is 108 Å². The second-order valence-corrected chi connectivity index (χ2v) is 10.2. The molecule has 0 radical (unpaired) electrons. The van der Waals surface area contributed by atoms with E-state index in [1.165, 1.54) is 30.2 Å². The number of thioether (sulfide) groups is 1. The molecule has 3 amide bonds. The van der Waals surface area contributed by atoms with Crippen LogP contribution in [0.5, 0.6) is 11.5 Å². The van der Waals surface area contributed by atoms with Gasteiger partial charge >= 0.3 is 0 Å². The Morgan fingerprint density at radius 1 is 1.07 bits per heavy atom. The Hall–Kier alpha value is -5.15. The van der Waals surface area contributed by atoms with Crippen LogP contribution in [-0.2, 0) is 14.4 Å². The molecule has 0 saturated carbocycles. The highest BCUT2D eigenvalue weighted by Gasteiger charge is 2.35. The summed E-state index contributed by atoms with van der Waals surface area (Å²) < 4.78 is 5.07. The molecule has 1 aliphatic heterocycles. The summed E-state index contributed by atoms with van der Waals surface area (Å²) in [4.78, 5) is 45.6. The van der Waals surface area contributed by atoms with Gasteiger partial charge in [0.2, 0.25) is 5.91 Å². The molecule has 0 bridgehead atoms. The van der Waals surface area contributed by atoms with Crippen LogP contribution in [0.15, 0.2) is 126 Å². The quantitative estimate of drug-likeness (QED) is 0.175. The molecule has 0 fully saturated rings. The number of ether oxygens (including phenoxy) is 1. The van der Waals surface area contributed by atoms with Crippen molar-refractivity contribution in [2.75, 3.05) is 12.9 Å². The number of methoxy groups -OCH3 is 1. The van der Waals surface area contributed by atoms with Gasteiger partial charge in [-0.15, -0.1) is 0 Å². The van der Waals surface area contributed by atoms with Crippen LogP contribution < -0.4 is 10.1 Å². The summed E-state index contributed by atoms with van der Waals surface area (Å²) in [5, 5.41) is 13.3. The Morgan fingerprint density at radius 2 is 1.72 bits per heavy atom. The van der Waals surface area contributed by atoms with E-state index in [0.29, 0.717) is 11.3 Å². The van der Waals surface area contributed by atoms with Gasteiger partial charge in [-0.25, -0.2) is 0 Å². The van der Waals surface area contributed by atoms with Gasteiger partial charge in [0.1, 0.15) is 5.57 Å². The van der Waals surface area contributed by atoms with E-state index in [0.717, 1.165) is 22.9 Å². The molecule has 3 aromatic rings. The second-order valence-electron chi connectivity index (χ2n) is 9.25. The maximum absolute atomic E-state index is 13.8. The second kappa shape index (κ2) is 14.7. The van der Waals surface area contributed by atoms with Crippen molar-refractivity contribution in [1.29, 1.82) is 0 Å². The lowest BCUT2D eigenvalue weighted by atomic mass is 9.99. The number of aliphatic imine (C=N–C) groups is 1. The fourth-order valence-electron chi connectivity index (χ4n) is 4.36. The van der Waals surface area contributed by atoms with Crippen LogP contribution in [0.2, 0.25) is 0 Å². The lowest BCUT2D eigenvalue weighted by Crippen LogP contribution is -2.42. The predicted molar refractivity (Wildman–Crippen MR) is 170 cm³/mol. The van der Waals surface area contributed by atoms with Gasteiger partial charge in [-0.2, -0.15) is 4.99 Å². The number of amidine groups is 1. The molecule has 0 aliphatic carbocycles. The number of phenols is 1. The molecule has 1 aliphatic rings. The van der Waals surface area contributed by atoms with Crippen molar-refractivity contribution in [3.8, 4) is 11.5 Å². The highest BCUT2D eigenvalue weighted by atomic mass is 32.2. The van der Waals surface area contributed by atoms with E-state index in [1.54, 1.807) is 37.3 Å². The van der Waals surface area contributed by atoms with E-state index in [9.17, 15) is 19.5 Å². The highest BCUT2D eigenvalue weighted by molar-refractivity contribution is 8.14. The van der Waals surface area contributed by atoms with Crippen LogP contribution in [0.4, 0.5) is 0 Å². The minimum absolute atomic E-state index is 0.0673. The zero-order chi connectivity index (χ0) is 30.8. The van der Waals surface area contributed by atoms with Gasteiger partial charge in [-0.1, -0.05) is 103 Å². The molecule has 8 nitrogen and oxygen atoms in total. The summed E-state index contributed by atoms with van der Waals surface area (Å²) in [5.41, 5.74) is 2.49. The first kappa shape index (κ1) is 30.8. The first-order chi connectivity index (χ1) is 20.9. The Bertz CT molecular complexity index is 1590. The summed E-state index contributed by atoms with van der Waals surface area (Å²) in [6, 6.07) is 23.4. The first-order valence-electron chi connectivity index (χ1n) is 13.4.